The summed E-state index contributed by atoms with van der Waals surface area (Å²) in [7, 11) is 1.49. The van der Waals surface area contributed by atoms with Gasteiger partial charge in [-0.05, 0) is 19.9 Å². The van der Waals surface area contributed by atoms with Gasteiger partial charge in [0, 0.05) is 32.2 Å². The van der Waals surface area contributed by atoms with Gasteiger partial charge in [-0.15, -0.1) is 0 Å². The fourth-order valence-corrected chi connectivity index (χ4v) is 2.82. The highest BCUT2D eigenvalue weighted by molar-refractivity contribution is 6.31. The molecule has 2 atom stereocenters. The number of hydrogen-bond acceptors (Lipinski definition) is 5. The van der Waals surface area contributed by atoms with Gasteiger partial charge in [-0.1, -0.05) is 17.7 Å². The maximum atomic E-state index is 12.2. The normalized spacial score (nSPS) is 28.1. The van der Waals surface area contributed by atoms with Gasteiger partial charge in [-0.2, -0.15) is 0 Å². The largest absolute Gasteiger partial charge is 0.359 e. The maximum absolute atomic E-state index is 12.2. The van der Waals surface area contributed by atoms with Crippen LogP contribution in [0.25, 0.3) is 0 Å². The second-order valence-corrected chi connectivity index (χ2v) is 5.97. The molecule has 3 N–H and O–H groups in total. The Hall–Kier alpha value is -1.37. The number of amides is 1. The Bertz CT molecular complexity index is 544. The van der Waals surface area contributed by atoms with Crippen molar-refractivity contribution in [3.05, 3.63) is 22.8 Å². The number of nitrogens with one attached hydrogen (secondary N) is 1. The van der Waals surface area contributed by atoms with Crippen molar-refractivity contribution >= 4 is 23.3 Å². The van der Waals surface area contributed by atoms with E-state index in [9.17, 15) is 4.79 Å². The summed E-state index contributed by atoms with van der Waals surface area (Å²) in [5.41, 5.74) is 5.43. The highest BCUT2D eigenvalue weighted by Crippen LogP contribution is 2.29. The molecule has 0 saturated heterocycles. The number of nitrogens with two attached hydrogens (primary N) is 1. The van der Waals surface area contributed by atoms with Crippen LogP contribution in [0.4, 0.5) is 0 Å². The zero-order valence-electron chi connectivity index (χ0n) is 13.2. The number of ether oxygens (including phenoxy) is 1. The lowest BCUT2D eigenvalue weighted by Gasteiger charge is -2.29. The number of likely N-dealkylation sites (N-methyl/N-ethyl adjacent to an activating group) is 1. The third-order valence-corrected chi connectivity index (χ3v) is 4.37. The summed E-state index contributed by atoms with van der Waals surface area (Å²) in [6.07, 6.45) is 3.66. The number of methoxy groups -OCH3 is 1. The van der Waals surface area contributed by atoms with Crippen molar-refractivity contribution in [3.8, 4) is 0 Å². The van der Waals surface area contributed by atoms with E-state index in [1.54, 1.807) is 12.2 Å². The third-order valence-electron chi connectivity index (χ3n) is 3.95. The van der Waals surface area contributed by atoms with Gasteiger partial charge in [0.15, 0.2) is 5.72 Å². The number of amidine groups is 1. The van der Waals surface area contributed by atoms with Gasteiger partial charge in [0.2, 0.25) is 0 Å². The first kappa shape index (κ1) is 17.0. The molecule has 1 aliphatic heterocycles. The molecule has 0 radical (unpaired) electrons. The zero-order valence-corrected chi connectivity index (χ0v) is 14.0. The predicted octanol–water partition coefficient (Wildman–Crippen LogP) is 0.979. The Morgan fingerprint density at radius 3 is 3.00 bits per heavy atom. The Labute approximate surface area is 136 Å². The highest BCUT2D eigenvalue weighted by Gasteiger charge is 2.31. The molecule has 2 aliphatic rings. The SMILES string of the molecule is CCN1CC(C)N=C1CNC(=O)C1=CCC(N)(OC)C(Cl)=C1. The molecule has 6 nitrogen and oxygen atoms in total. The molecule has 0 aromatic rings. The Morgan fingerprint density at radius 2 is 2.41 bits per heavy atom. The van der Waals surface area contributed by atoms with E-state index >= 15 is 0 Å². The van der Waals surface area contributed by atoms with E-state index < -0.39 is 5.72 Å². The van der Waals surface area contributed by atoms with Crippen molar-refractivity contribution in [2.45, 2.75) is 32.0 Å². The van der Waals surface area contributed by atoms with Crippen molar-refractivity contribution in [1.29, 1.82) is 0 Å². The minimum Gasteiger partial charge on any atom is -0.359 e. The van der Waals surface area contributed by atoms with Crippen molar-refractivity contribution in [2.75, 3.05) is 26.7 Å². The molecular formula is C15H23ClN4O2. The van der Waals surface area contributed by atoms with Crippen LogP contribution in [0.3, 0.4) is 0 Å². The molecule has 22 heavy (non-hydrogen) atoms. The third kappa shape index (κ3) is 3.51. The van der Waals surface area contributed by atoms with Crippen LogP contribution in [-0.2, 0) is 9.53 Å². The first-order valence-electron chi connectivity index (χ1n) is 7.41. The molecule has 7 heteroatoms. The molecule has 1 amide bonds. The van der Waals surface area contributed by atoms with Crippen LogP contribution in [0.15, 0.2) is 27.7 Å². The monoisotopic (exact) mass is 326 g/mol. The fraction of sp³-hybridized carbons (Fsp3) is 0.600. The number of halogens is 1. The predicted molar refractivity (Wildman–Crippen MR) is 87.7 cm³/mol. The first-order valence-corrected chi connectivity index (χ1v) is 7.79. The van der Waals surface area contributed by atoms with E-state index in [1.807, 2.05) is 0 Å². The van der Waals surface area contributed by atoms with Gasteiger partial charge in [0.05, 0.1) is 17.6 Å². The number of hydrogen-bond donors (Lipinski definition) is 2. The highest BCUT2D eigenvalue weighted by atomic mass is 35.5. The lowest BCUT2D eigenvalue weighted by atomic mass is 9.99. The summed E-state index contributed by atoms with van der Waals surface area (Å²) in [5.74, 6) is 0.731. The first-order chi connectivity index (χ1) is 10.4. The van der Waals surface area contributed by atoms with E-state index in [-0.39, 0.29) is 11.9 Å². The molecule has 2 rings (SSSR count). The smallest absolute Gasteiger partial charge is 0.251 e. The molecule has 0 aromatic carbocycles. The van der Waals surface area contributed by atoms with Crippen LogP contribution in [0.2, 0.25) is 0 Å². The van der Waals surface area contributed by atoms with E-state index in [0.717, 1.165) is 18.9 Å². The molecule has 0 bridgehead atoms. The van der Waals surface area contributed by atoms with Crippen molar-refractivity contribution in [1.82, 2.24) is 10.2 Å². The van der Waals surface area contributed by atoms with Crippen LogP contribution in [0, 0.1) is 0 Å². The number of nitrogens with zero attached hydrogens (tertiary/aromatic N) is 2. The van der Waals surface area contributed by atoms with Gasteiger partial charge in [-0.25, -0.2) is 0 Å². The zero-order chi connectivity index (χ0) is 16.3. The Morgan fingerprint density at radius 1 is 1.68 bits per heavy atom. The summed E-state index contributed by atoms with van der Waals surface area (Å²) in [4.78, 5) is 18.9. The maximum Gasteiger partial charge on any atom is 0.251 e. The van der Waals surface area contributed by atoms with Crippen LogP contribution in [0.1, 0.15) is 20.3 Å². The van der Waals surface area contributed by atoms with Gasteiger partial charge >= 0.3 is 0 Å². The van der Waals surface area contributed by atoms with Crippen LogP contribution < -0.4 is 11.1 Å². The molecular weight excluding hydrogens is 304 g/mol. The summed E-state index contributed by atoms with van der Waals surface area (Å²) >= 11 is 6.11. The lowest BCUT2D eigenvalue weighted by molar-refractivity contribution is -0.117. The molecule has 1 heterocycles. The standard InChI is InChI=1S/C15H23ClN4O2/c1-4-20-9-10(2)19-13(20)8-18-14(21)11-5-6-15(17,22-3)12(16)7-11/h5,7,10H,4,6,8-9,17H2,1-3H3,(H,18,21). The summed E-state index contributed by atoms with van der Waals surface area (Å²) in [5, 5.41) is 3.20. The molecule has 0 saturated carbocycles. The van der Waals surface area contributed by atoms with Crippen molar-refractivity contribution in [3.63, 3.8) is 0 Å². The van der Waals surface area contributed by atoms with E-state index in [2.05, 4.69) is 29.1 Å². The number of aliphatic imine (C=N–C) groups is 1. The Balaban J connectivity index is 1.96. The van der Waals surface area contributed by atoms with Crippen LogP contribution in [0.5, 0.6) is 0 Å². The summed E-state index contributed by atoms with van der Waals surface area (Å²) < 4.78 is 5.18. The van der Waals surface area contributed by atoms with E-state index in [1.165, 1.54) is 7.11 Å². The van der Waals surface area contributed by atoms with Gasteiger partial charge in [0.1, 0.15) is 5.84 Å². The van der Waals surface area contributed by atoms with Crippen molar-refractivity contribution in [2.24, 2.45) is 10.7 Å². The van der Waals surface area contributed by atoms with E-state index in [0.29, 0.717) is 23.6 Å². The fourth-order valence-electron chi connectivity index (χ4n) is 2.55. The number of carbonyl (C=O) groups is 1. The Kier molecular flexibility index (Phi) is 5.26. The second-order valence-electron chi connectivity index (χ2n) is 5.57. The van der Waals surface area contributed by atoms with Gasteiger partial charge in [0.25, 0.3) is 5.91 Å². The topological polar surface area (TPSA) is 80.0 Å². The number of carbonyl (C=O) groups excluding carboxylic acids is 1. The summed E-state index contributed by atoms with van der Waals surface area (Å²) in [6, 6.07) is 0.273. The molecule has 0 fully saturated rings. The molecule has 0 aromatic heterocycles. The van der Waals surface area contributed by atoms with E-state index in [4.69, 9.17) is 22.1 Å². The van der Waals surface area contributed by atoms with Crippen molar-refractivity contribution < 1.29 is 9.53 Å². The molecule has 1 aliphatic carbocycles. The van der Waals surface area contributed by atoms with Crippen LogP contribution in [-0.4, -0.2) is 55.2 Å². The minimum absolute atomic E-state index is 0.186. The lowest BCUT2D eigenvalue weighted by Crippen LogP contribution is -2.44. The van der Waals surface area contributed by atoms with Gasteiger partial charge < -0.3 is 15.0 Å². The minimum atomic E-state index is -1.03. The molecule has 0 spiro atoms. The second kappa shape index (κ2) is 6.81. The molecule has 2 unspecified atom stereocenters. The average Bonchev–Trinajstić information content (AvgIpc) is 2.87. The summed E-state index contributed by atoms with van der Waals surface area (Å²) in [6.45, 7) is 6.34. The quantitative estimate of drug-likeness (QED) is 0.738. The average molecular weight is 327 g/mol. The van der Waals surface area contributed by atoms with Gasteiger partial charge in [-0.3, -0.25) is 15.5 Å². The number of rotatable bonds is 5. The van der Waals surface area contributed by atoms with Crippen LogP contribution >= 0.6 is 11.6 Å². The molecule has 122 valence electrons.